The monoisotopic (exact) mass is 449 g/mol. The first-order valence-corrected chi connectivity index (χ1v) is 9.83. The number of benzene rings is 2. The van der Waals surface area contributed by atoms with Crippen LogP contribution in [0.3, 0.4) is 0 Å². The van der Waals surface area contributed by atoms with Gasteiger partial charge in [-0.3, -0.25) is 20.2 Å². The van der Waals surface area contributed by atoms with Crippen LogP contribution in [0.2, 0.25) is 0 Å². The summed E-state index contributed by atoms with van der Waals surface area (Å²) in [5.74, 6) is 0.234. The molecule has 3 aromatic rings. The number of carbonyl (C=O) groups is 1. The lowest BCUT2D eigenvalue weighted by molar-refractivity contribution is -0.384. The van der Waals surface area contributed by atoms with Gasteiger partial charge in [0.1, 0.15) is 5.75 Å². The molecule has 1 heterocycles. The third-order valence-electron chi connectivity index (χ3n) is 3.72. The van der Waals surface area contributed by atoms with Crippen molar-refractivity contribution in [2.45, 2.75) is 19.8 Å². The number of nitro groups is 1. The predicted molar refractivity (Wildman–Crippen MR) is 109 cm³/mol. The Hall–Kier alpha value is -2.52. The largest absolute Gasteiger partial charge is 0.483 e. The van der Waals surface area contributed by atoms with Crippen molar-refractivity contribution >= 4 is 54.2 Å². The van der Waals surface area contributed by atoms with Crippen LogP contribution in [0.15, 0.2) is 40.9 Å². The fraction of sp³-hybridized carbons (Fsp3) is 0.222. The maximum atomic E-state index is 12.1. The van der Waals surface area contributed by atoms with Crippen molar-refractivity contribution in [2.24, 2.45) is 0 Å². The summed E-state index contributed by atoms with van der Waals surface area (Å²) in [4.78, 5) is 26.8. The van der Waals surface area contributed by atoms with Gasteiger partial charge >= 0.3 is 0 Å². The molecule has 9 heteroatoms. The van der Waals surface area contributed by atoms with Crippen LogP contribution in [-0.4, -0.2) is 22.4 Å². The molecule has 0 unspecified atom stereocenters. The second-order valence-corrected chi connectivity index (χ2v) is 7.66. The summed E-state index contributed by atoms with van der Waals surface area (Å²) in [5.41, 5.74) is 1.78. The normalized spacial score (nSPS) is 10.7. The number of anilines is 1. The summed E-state index contributed by atoms with van der Waals surface area (Å²) in [5, 5.41) is 13.9. The average Bonchev–Trinajstić information content (AvgIpc) is 3.02. The predicted octanol–water partition coefficient (Wildman–Crippen LogP) is 4.94. The summed E-state index contributed by atoms with van der Waals surface area (Å²) in [6.45, 7) is 1.95. The van der Waals surface area contributed by atoms with E-state index in [0.29, 0.717) is 21.1 Å². The summed E-state index contributed by atoms with van der Waals surface area (Å²) in [6.07, 6.45) is 2.04. The number of aromatic nitrogens is 1. The summed E-state index contributed by atoms with van der Waals surface area (Å²) >= 11 is 4.63. The van der Waals surface area contributed by atoms with Gasteiger partial charge in [0.25, 0.3) is 11.6 Å². The molecular formula is C18H16BrN3O4S. The number of fused-ring (bicyclic) bond motifs is 1. The lowest BCUT2D eigenvalue weighted by Crippen LogP contribution is -2.20. The molecule has 140 valence electrons. The summed E-state index contributed by atoms with van der Waals surface area (Å²) < 4.78 is 6.99. The first-order valence-electron chi connectivity index (χ1n) is 8.22. The minimum absolute atomic E-state index is 0.0104. The molecule has 1 N–H and O–H groups in total. The molecule has 0 bridgehead atoms. The van der Waals surface area contributed by atoms with Crippen molar-refractivity contribution in [3.05, 3.63) is 56.5 Å². The topological polar surface area (TPSA) is 94.4 Å². The molecule has 0 aliphatic heterocycles. The number of ether oxygens (including phenoxy) is 1. The Morgan fingerprint density at radius 2 is 2.15 bits per heavy atom. The fourth-order valence-electron chi connectivity index (χ4n) is 2.48. The van der Waals surface area contributed by atoms with Crippen molar-refractivity contribution < 1.29 is 14.5 Å². The molecule has 0 aliphatic rings. The summed E-state index contributed by atoms with van der Waals surface area (Å²) in [6, 6.07) is 10.2. The Balaban J connectivity index is 1.62. The van der Waals surface area contributed by atoms with E-state index in [1.54, 1.807) is 6.07 Å². The minimum Gasteiger partial charge on any atom is -0.483 e. The van der Waals surface area contributed by atoms with Gasteiger partial charge in [0.05, 0.1) is 19.6 Å². The number of thiazole rings is 1. The van der Waals surface area contributed by atoms with E-state index in [1.165, 1.54) is 29.0 Å². The Morgan fingerprint density at radius 3 is 2.85 bits per heavy atom. The Morgan fingerprint density at radius 1 is 1.33 bits per heavy atom. The van der Waals surface area contributed by atoms with Crippen LogP contribution in [-0.2, 0) is 11.2 Å². The van der Waals surface area contributed by atoms with E-state index in [4.69, 9.17) is 4.74 Å². The van der Waals surface area contributed by atoms with Crippen LogP contribution < -0.4 is 10.1 Å². The van der Waals surface area contributed by atoms with E-state index >= 15 is 0 Å². The molecule has 0 radical (unpaired) electrons. The first kappa shape index (κ1) is 19.2. The van der Waals surface area contributed by atoms with Crippen molar-refractivity contribution in [3.63, 3.8) is 0 Å². The number of halogens is 1. The third-order valence-corrected chi connectivity index (χ3v) is 5.28. The van der Waals surface area contributed by atoms with Gasteiger partial charge in [0, 0.05) is 12.1 Å². The molecule has 0 spiro atoms. The number of aryl methyl sites for hydroxylation is 1. The molecule has 0 atom stereocenters. The highest BCUT2D eigenvalue weighted by Gasteiger charge is 2.13. The lowest BCUT2D eigenvalue weighted by atomic mass is 10.1. The SMILES string of the molecule is CCCc1ccc(OCC(=O)Nc2nc3ccc([N+](=O)[O-])cc3s2)c(Br)c1. The van der Waals surface area contributed by atoms with Crippen molar-refractivity contribution in [2.75, 3.05) is 11.9 Å². The zero-order valence-electron chi connectivity index (χ0n) is 14.4. The van der Waals surface area contributed by atoms with E-state index in [-0.39, 0.29) is 18.2 Å². The standard InChI is InChI=1S/C18H16BrN3O4S/c1-2-3-11-4-7-15(13(19)8-11)26-10-17(23)21-18-20-14-6-5-12(22(24)25)9-16(14)27-18/h4-9H,2-3,10H2,1H3,(H,20,21,23). The van der Waals surface area contributed by atoms with Crippen LogP contribution in [0.1, 0.15) is 18.9 Å². The molecule has 7 nitrogen and oxygen atoms in total. The van der Waals surface area contributed by atoms with Gasteiger partial charge in [-0.15, -0.1) is 0 Å². The smallest absolute Gasteiger partial charge is 0.270 e. The van der Waals surface area contributed by atoms with Crippen molar-refractivity contribution in [1.29, 1.82) is 0 Å². The molecule has 2 aromatic carbocycles. The quantitative estimate of drug-likeness (QED) is 0.407. The fourth-order valence-corrected chi connectivity index (χ4v) is 3.94. The highest BCUT2D eigenvalue weighted by molar-refractivity contribution is 9.10. The van der Waals surface area contributed by atoms with Crippen LogP contribution in [0.25, 0.3) is 10.2 Å². The number of nitrogens with one attached hydrogen (secondary N) is 1. The molecule has 0 aliphatic carbocycles. The number of rotatable bonds is 7. The van der Waals surface area contributed by atoms with Gasteiger partial charge in [-0.05, 0) is 46.1 Å². The molecule has 0 saturated carbocycles. The number of nitro benzene ring substituents is 1. The highest BCUT2D eigenvalue weighted by atomic mass is 79.9. The maximum Gasteiger partial charge on any atom is 0.270 e. The number of amides is 1. The van der Waals surface area contributed by atoms with E-state index in [1.807, 2.05) is 18.2 Å². The van der Waals surface area contributed by atoms with Gasteiger partial charge in [-0.25, -0.2) is 4.98 Å². The maximum absolute atomic E-state index is 12.1. The highest BCUT2D eigenvalue weighted by Crippen LogP contribution is 2.29. The number of carbonyl (C=O) groups excluding carboxylic acids is 1. The number of hydrogen-bond acceptors (Lipinski definition) is 6. The van der Waals surface area contributed by atoms with Crippen LogP contribution in [0.4, 0.5) is 10.8 Å². The van der Waals surface area contributed by atoms with E-state index in [2.05, 4.69) is 33.2 Å². The number of nitrogens with zero attached hydrogens (tertiary/aromatic N) is 2. The number of non-ortho nitro benzene ring substituents is 1. The third kappa shape index (κ3) is 4.81. The Labute approximate surface area is 167 Å². The van der Waals surface area contributed by atoms with Crippen molar-refractivity contribution in [3.8, 4) is 5.75 Å². The molecule has 0 fully saturated rings. The van der Waals surface area contributed by atoms with Gasteiger partial charge in [0.15, 0.2) is 11.7 Å². The Kier molecular flexibility index (Phi) is 6.02. The van der Waals surface area contributed by atoms with Gasteiger partial charge in [0.2, 0.25) is 0 Å². The van der Waals surface area contributed by atoms with Crippen molar-refractivity contribution in [1.82, 2.24) is 4.98 Å². The van der Waals surface area contributed by atoms with Crippen LogP contribution >= 0.6 is 27.3 Å². The van der Waals surface area contributed by atoms with Gasteiger partial charge in [-0.2, -0.15) is 0 Å². The zero-order chi connectivity index (χ0) is 19.4. The van der Waals surface area contributed by atoms with E-state index in [0.717, 1.165) is 17.3 Å². The van der Waals surface area contributed by atoms with E-state index in [9.17, 15) is 14.9 Å². The Bertz CT molecular complexity index is 1010. The molecule has 1 amide bonds. The summed E-state index contributed by atoms with van der Waals surface area (Å²) in [7, 11) is 0. The molecule has 1 aromatic heterocycles. The molecule has 0 saturated heterocycles. The van der Waals surface area contributed by atoms with Crippen LogP contribution in [0.5, 0.6) is 5.75 Å². The van der Waals surface area contributed by atoms with Gasteiger partial charge < -0.3 is 4.74 Å². The zero-order valence-corrected chi connectivity index (χ0v) is 16.8. The minimum atomic E-state index is -0.463. The molecular weight excluding hydrogens is 434 g/mol. The van der Waals surface area contributed by atoms with E-state index < -0.39 is 4.92 Å². The lowest BCUT2D eigenvalue weighted by Gasteiger charge is -2.09. The average molecular weight is 450 g/mol. The molecule has 27 heavy (non-hydrogen) atoms. The van der Waals surface area contributed by atoms with Gasteiger partial charge in [-0.1, -0.05) is 30.7 Å². The second kappa shape index (κ2) is 8.45. The van der Waals surface area contributed by atoms with Crippen LogP contribution in [0, 0.1) is 10.1 Å². The first-order chi connectivity index (χ1) is 13.0. The second-order valence-electron chi connectivity index (χ2n) is 5.78. The number of hydrogen-bond donors (Lipinski definition) is 1. The molecule has 3 rings (SSSR count).